The van der Waals surface area contributed by atoms with E-state index in [4.69, 9.17) is 28.4 Å². The molecule has 0 N–H and O–H groups in total. The van der Waals surface area contributed by atoms with Gasteiger partial charge in [0, 0.05) is 6.07 Å². The largest absolute Gasteiger partial charge is 0.497 e. The van der Waals surface area contributed by atoms with Crippen molar-refractivity contribution in [2.45, 2.75) is 0 Å². The minimum Gasteiger partial charge on any atom is -0.497 e. The first kappa shape index (κ1) is 22.7. The number of allylic oxidation sites excluding steroid dienone is 1. The maximum absolute atomic E-state index is 12.7. The molecule has 1 heterocycles. The lowest BCUT2D eigenvalue weighted by molar-refractivity contribution is 0.0729. The second-order valence-electron chi connectivity index (χ2n) is 7.13. The van der Waals surface area contributed by atoms with E-state index in [0.717, 1.165) is 0 Å². The molecule has 174 valence electrons. The molecular formula is C26H22O8. The number of methoxy groups -OCH3 is 3. The van der Waals surface area contributed by atoms with Crippen LogP contribution in [0.15, 0.2) is 60.7 Å². The van der Waals surface area contributed by atoms with Gasteiger partial charge in [-0.25, -0.2) is 4.79 Å². The van der Waals surface area contributed by atoms with E-state index < -0.39 is 5.97 Å². The summed E-state index contributed by atoms with van der Waals surface area (Å²) < 4.78 is 31.9. The number of benzene rings is 3. The molecule has 34 heavy (non-hydrogen) atoms. The van der Waals surface area contributed by atoms with Crippen molar-refractivity contribution >= 4 is 17.8 Å². The van der Waals surface area contributed by atoms with E-state index in [1.165, 1.54) is 20.3 Å². The Balaban J connectivity index is 1.49. The van der Waals surface area contributed by atoms with Gasteiger partial charge in [0.1, 0.15) is 11.5 Å². The number of hydrogen-bond acceptors (Lipinski definition) is 8. The van der Waals surface area contributed by atoms with E-state index in [-0.39, 0.29) is 18.3 Å². The third-order valence-corrected chi connectivity index (χ3v) is 5.10. The Morgan fingerprint density at radius 2 is 1.59 bits per heavy atom. The van der Waals surface area contributed by atoms with Crippen LogP contribution in [0, 0.1) is 0 Å². The fraction of sp³-hybridized carbons (Fsp3) is 0.154. The van der Waals surface area contributed by atoms with Crippen LogP contribution in [-0.2, 0) is 0 Å². The Kier molecular flexibility index (Phi) is 6.68. The normalized spacial score (nSPS) is 11.9. The third-order valence-electron chi connectivity index (χ3n) is 5.10. The second-order valence-corrected chi connectivity index (χ2v) is 7.13. The highest BCUT2D eigenvalue weighted by molar-refractivity contribution is 6.08. The quantitative estimate of drug-likeness (QED) is 0.208. The minimum atomic E-state index is -0.568. The van der Waals surface area contributed by atoms with Crippen molar-refractivity contribution in [3.8, 4) is 34.5 Å². The predicted octanol–water partition coefficient (Wildman–Crippen LogP) is 4.56. The van der Waals surface area contributed by atoms with Gasteiger partial charge in [-0.05, 0) is 54.1 Å². The van der Waals surface area contributed by atoms with Gasteiger partial charge >= 0.3 is 5.97 Å². The van der Waals surface area contributed by atoms with Crippen LogP contribution in [0.3, 0.4) is 0 Å². The molecule has 0 fully saturated rings. The molecule has 8 heteroatoms. The highest BCUT2D eigenvalue weighted by Gasteiger charge is 2.19. The second kappa shape index (κ2) is 9.99. The Morgan fingerprint density at radius 3 is 2.35 bits per heavy atom. The van der Waals surface area contributed by atoms with Crippen molar-refractivity contribution in [3.05, 3.63) is 77.4 Å². The van der Waals surface area contributed by atoms with Crippen molar-refractivity contribution in [1.82, 2.24) is 0 Å². The third kappa shape index (κ3) is 4.80. The molecule has 0 aliphatic carbocycles. The molecule has 0 atom stereocenters. The summed E-state index contributed by atoms with van der Waals surface area (Å²) in [5.41, 5.74) is 1.40. The minimum absolute atomic E-state index is 0.115. The first-order valence-electron chi connectivity index (χ1n) is 10.3. The average Bonchev–Trinajstić information content (AvgIpc) is 3.35. The summed E-state index contributed by atoms with van der Waals surface area (Å²) in [6.07, 6.45) is 3.06. The van der Waals surface area contributed by atoms with Gasteiger partial charge in [-0.15, -0.1) is 0 Å². The van der Waals surface area contributed by atoms with Crippen LogP contribution in [0.25, 0.3) is 6.08 Å². The molecule has 3 aromatic carbocycles. The summed E-state index contributed by atoms with van der Waals surface area (Å²) in [6, 6.07) is 14.8. The van der Waals surface area contributed by atoms with Crippen LogP contribution in [0.2, 0.25) is 0 Å². The van der Waals surface area contributed by atoms with E-state index >= 15 is 0 Å². The Labute approximate surface area is 196 Å². The molecule has 0 amide bonds. The van der Waals surface area contributed by atoms with Crippen molar-refractivity contribution in [1.29, 1.82) is 0 Å². The predicted molar refractivity (Wildman–Crippen MR) is 123 cm³/mol. The van der Waals surface area contributed by atoms with Crippen molar-refractivity contribution < 1.29 is 38.0 Å². The maximum atomic E-state index is 12.7. The lowest BCUT2D eigenvalue weighted by Crippen LogP contribution is -2.09. The van der Waals surface area contributed by atoms with E-state index in [9.17, 15) is 9.59 Å². The first-order valence-corrected chi connectivity index (χ1v) is 10.3. The molecule has 0 unspecified atom stereocenters. The zero-order chi connectivity index (χ0) is 24.1. The molecule has 1 aliphatic rings. The van der Waals surface area contributed by atoms with E-state index in [0.29, 0.717) is 45.4 Å². The van der Waals surface area contributed by atoms with Gasteiger partial charge in [0.25, 0.3) is 0 Å². The molecular weight excluding hydrogens is 440 g/mol. The molecule has 8 nitrogen and oxygen atoms in total. The van der Waals surface area contributed by atoms with E-state index in [2.05, 4.69) is 0 Å². The zero-order valence-electron chi connectivity index (χ0n) is 18.8. The lowest BCUT2D eigenvalue weighted by atomic mass is 10.1. The molecule has 4 rings (SSSR count). The van der Waals surface area contributed by atoms with Crippen molar-refractivity contribution in [2.75, 3.05) is 28.1 Å². The molecule has 1 aliphatic heterocycles. The number of ketones is 1. The van der Waals surface area contributed by atoms with Crippen LogP contribution < -0.4 is 28.4 Å². The molecule has 0 aromatic heterocycles. The number of ether oxygens (including phenoxy) is 6. The standard InChI is InChI=1S/C26H22O8/c1-29-18-7-8-19(23(14-18)30-2)20(27)9-4-16-5-10-22(24(12-16)31-3)34-26(28)17-6-11-21-25(13-17)33-15-32-21/h4-14H,15H2,1-3H3. The fourth-order valence-corrected chi connectivity index (χ4v) is 3.32. The van der Waals surface area contributed by atoms with E-state index in [1.807, 2.05) is 0 Å². The van der Waals surface area contributed by atoms with Crippen LogP contribution in [0.4, 0.5) is 0 Å². The van der Waals surface area contributed by atoms with Gasteiger partial charge in [0.2, 0.25) is 6.79 Å². The lowest BCUT2D eigenvalue weighted by Gasteiger charge is -2.10. The highest BCUT2D eigenvalue weighted by Crippen LogP contribution is 2.34. The summed E-state index contributed by atoms with van der Waals surface area (Å²) in [7, 11) is 4.50. The Bertz CT molecular complexity index is 1260. The number of esters is 1. The zero-order valence-corrected chi connectivity index (χ0v) is 18.8. The van der Waals surface area contributed by atoms with Gasteiger partial charge in [-0.2, -0.15) is 0 Å². The Hall–Kier alpha value is -4.46. The van der Waals surface area contributed by atoms with Crippen LogP contribution in [-0.4, -0.2) is 39.9 Å². The van der Waals surface area contributed by atoms with Crippen molar-refractivity contribution in [3.63, 3.8) is 0 Å². The molecule has 0 saturated carbocycles. The SMILES string of the molecule is COc1ccc(C(=O)C=Cc2ccc(OC(=O)c3ccc4c(c3)OCO4)c(OC)c2)c(OC)c1. The van der Waals surface area contributed by atoms with Gasteiger partial charge in [0.15, 0.2) is 28.8 Å². The number of carbonyl (C=O) groups excluding carboxylic acids is 2. The van der Waals surface area contributed by atoms with Crippen LogP contribution >= 0.6 is 0 Å². The average molecular weight is 462 g/mol. The van der Waals surface area contributed by atoms with Gasteiger partial charge in [-0.1, -0.05) is 12.1 Å². The Morgan fingerprint density at radius 1 is 0.794 bits per heavy atom. The van der Waals surface area contributed by atoms with Gasteiger partial charge in [-0.3, -0.25) is 4.79 Å². The summed E-state index contributed by atoms with van der Waals surface area (Å²) in [5, 5.41) is 0. The number of rotatable bonds is 8. The molecule has 0 saturated heterocycles. The number of hydrogen-bond donors (Lipinski definition) is 0. The summed E-state index contributed by atoms with van der Waals surface area (Å²) in [6.45, 7) is 0.115. The van der Waals surface area contributed by atoms with Gasteiger partial charge in [0.05, 0.1) is 32.5 Å². The fourth-order valence-electron chi connectivity index (χ4n) is 3.32. The number of carbonyl (C=O) groups is 2. The number of fused-ring (bicyclic) bond motifs is 1. The monoisotopic (exact) mass is 462 g/mol. The van der Waals surface area contributed by atoms with Gasteiger partial charge < -0.3 is 28.4 Å². The summed E-state index contributed by atoms with van der Waals surface area (Å²) >= 11 is 0. The maximum Gasteiger partial charge on any atom is 0.343 e. The van der Waals surface area contributed by atoms with Crippen LogP contribution in [0.1, 0.15) is 26.3 Å². The first-order chi connectivity index (χ1) is 16.5. The summed E-state index contributed by atoms with van der Waals surface area (Å²) in [5.74, 6) is 1.84. The molecule has 0 bridgehead atoms. The molecule has 0 spiro atoms. The van der Waals surface area contributed by atoms with Crippen molar-refractivity contribution in [2.24, 2.45) is 0 Å². The summed E-state index contributed by atoms with van der Waals surface area (Å²) in [4.78, 5) is 25.3. The molecule has 3 aromatic rings. The highest BCUT2D eigenvalue weighted by atomic mass is 16.7. The smallest absolute Gasteiger partial charge is 0.343 e. The molecule has 0 radical (unpaired) electrons. The van der Waals surface area contributed by atoms with Crippen LogP contribution in [0.5, 0.6) is 34.5 Å². The van der Waals surface area contributed by atoms with E-state index in [1.54, 1.807) is 67.8 Å². The topological polar surface area (TPSA) is 89.5 Å².